The van der Waals surface area contributed by atoms with Crippen LogP contribution in [0.25, 0.3) is 0 Å². The van der Waals surface area contributed by atoms with Gasteiger partial charge in [0.15, 0.2) is 23.6 Å². The van der Waals surface area contributed by atoms with Crippen LogP contribution in [0.4, 0.5) is 23.2 Å². The van der Waals surface area contributed by atoms with E-state index in [1.54, 1.807) is 0 Å². The molecule has 0 bridgehead atoms. The van der Waals surface area contributed by atoms with Gasteiger partial charge in [0.25, 0.3) is 5.91 Å². The van der Waals surface area contributed by atoms with Crippen LogP contribution in [0.2, 0.25) is 0 Å². The number of esters is 1. The number of ether oxygens (including phenoxy) is 1. The van der Waals surface area contributed by atoms with Gasteiger partial charge in [-0.05, 0) is 30.7 Å². The topological polar surface area (TPSA) is 55.4 Å². The van der Waals surface area contributed by atoms with Crippen LogP contribution in [0.15, 0.2) is 36.4 Å². The number of hydrogen-bond acceptors (Lipinski definition) is 3. The first-order valence-electron chi connectivity index (χ1n) is 7.17. The largest absolute Gasteiger partial charge is 0.452 e. The van der Waals surface area contributed by atoms with E-state index < -0.39 is 53.4 Å². The first-order chi connectivity index (χ1) is 11.8. The average molecular weight is 355 g/mol. The van der Waals surface area contributed by atoms with E-state index in [1.807, 2.05) is 5.32 Å². The van der Waals surface area contributed by atoms with Crippen molar-refractivity contribution in [1.82, 2.24) is 0 Å². The highest BCUT2D eigenvalue weighted by Gasteiger charge is 2.21. The Bertz CT molecular complexity index is 810. The quantitative estimate of drug-likeness (QED) is 0.508. The fourth-order valence-corrected chi connectivity index (χ4v) is 1.95. The maximum absolute atomic E-state index is 13.5. The van der Waals surface area contributed by atoms with Crippen LogP contribution in [0.3, 0.4) is 0 Å². The van der Waals surface area contributed by atoms with Crippen molar-refractivity contribution in [3.63, 3.8) is 0 Å². The molecule has 0 aliphatic carbocycles. The lowest BCUT2D eigenvalue weighted by atomic mass is 10.1. The molecule has 132 valence electrons. The van der Waals surface area contributed by atoms with E-state index in [2.05, 4.69) is 0 Å². The summed E-state index contributed by atoms with van der Waals surface area (Å²) >= 11 is 0. The van der Waals surface area contributed by atoms with Crippen molar-refractivity contribution in [2.24, 2.45) is 0 Å². The minimum atomic E-state index is -1.73. The van der Waals surface area contributed by atoms with Gasteiger partial charge < -0.3 is 10.1 Å². The highest BCUT2D eigenvalue weighted by Crippen LogP contribution is 2.20. The molecular weight excluding hydrogens is 342 g/mol. The minimum Gasteiger partial charge on any atom is -0.452 e. The fraction of sp³-hybridized carbons (Fsp3) is 0.176. The maximum atomic E-state index is 13.5. The summed E-state index contributed by atoms with van der Waals surface area (Å²) in [6.07, 6.45) is -1.75. The molecule has 4 nitrogen and oxygen atoms in total. The molecule has 2 aromatic carbocycles. The molecule has 0 saturated carbocycles. The third-order valence-electron chi connectivity index (χ3n) is 3.26. The van der Waals surface area contributed by atoms with Gasteiger partial charge in [-0.25, -0.2) is 17.6 Å². The fourth-order valence-electron chi connectivity index (χ4n) is 1.95. The van der Waals surface area contributed by atoms with Crippen molar-refractivity contribution < 1.29 is 31.9 Å². The molecule has 0 radical (unpaired) electrons. The molecule has 1 amide bonds. The van der Waals surface area contributed by atoms with Gasteiger partial charge in [0.1, 0.15) is 5.82 Å². The normalized spacial score (nSPS) is 11.7. The van der Waals surface area contributed by atoms with E-state index in [9.17, 15) is 27.2 Å². The zero-order chi connectivity index (χ0) is 18.6. The lowest BCUT2D eigenvalue weighted by Gasteiger charge is -2.14. The zero-order valence-electron chi connectivity index (χ0n) is 13.0. The molecule has 2 rings (SSSR count). The second-order valence-corrected chi connectivity index (χ2v) is 5.11. The molecule has 0 spiro atoms. The van der Waals surface area contributed by atoms with Crippen LogP contribution in [-0.2, 0) is 20.7 Å². The summed E-state index contributed by atoms with van der Waals surface area (Å²) in [6.45, 7) is 1.20. The summed E-state index contributed by atoms with van der Waals surface area (Å²) in [7, 11) is 0. The van der Waals surface area contributed by atoms with Gasteiger partial charge in [-0.2, -0.15) is 0 Å². The standard InChI is InChI=1S/C17H13F4NO3/c1-9(25-14(23)8-10-4-2-3-5-11(10)18)17(24)22-13-7-6-12(19)15(20)16(13)21/h2-7,9H,8H2,1H3,(H,22,24). The Morgan fingerprint density at radius 1 is 1.00 bits per heavy atom. The number of rotatable bonds is 5. The summed E-state index contributed by atoms with van der Waals surface area (Å²) in [4.78, 5) is 23.6. The zero-order valence-corrected chi connectivity index (χ0v) is 13.0. The predicted molar refractivity (Wildman–Crippen MR) is 80.6 cm³/mol. The number of hydrogen-bond donors (Lipinski definition) is 1. The first-order valence-corrected chi connectivity index (χ1v) is 7.17. The highest BCUT2D eigenvalue weighted by molar-refractivity contribution is 5.95. The van der Waals surface area contributed by atoms with Gasteiger partial charge in [0, 0.05) is 0 Å². The van der Waals surface area contributed by atoms with Crippen LogP contribution in [-0.4, -0.2) is 18.0 Å². The van der Waals surface area contributed by atoms with Gasteiger partial charge in [-0.1, -0.05) is 18.2 Å². The lowest BCUT2D eigenvalue weighted by molar-refractivity contribution is -0.152. The lowest BCUT2D eigenvalue weighted by Crippen LogP contribution is -2.31. The number of amides is 1. The van der Waals surface area contributed by atoms with Crippen LogP contribution in [0, 0.1) is 23.3 Å². The van der Waals surface area contributed by atoms with Crippen molar-refractivity contribution >= 4 is 17.6 Å². The summed E-state index contributed by atoms with van der Waals surface area (Å²) in [5.41, 5.74) is -0.507. The number of carbonyl (C=O) groups is 2. The molecule has 8 heteroatoms. The first kappa shape index (κ1) is 18.4. The smallest absolute Gasteiger partial charge is 0.311 e. The van der Waals surface area contributed by atoms with Crippen LogP contribution >= 0.6 is 0 Å². The van der Waals surface area contributed by atoms with E-state index in [-0.39, 0.29) is 5.56 Å². The Hall–Kier alpha value is -2.90. The Morgan fingerprint density at radius 3 is 2.36 bits per heavy atom. The Balaban J connectivity index is 1.97. The van der Waals surface area contributed by atoms with E-state index in [0.717, 1.165) is 6.07 Å². The minimum absolute atomic E-state index is 0.0896. The van der Waals surface area contributed by atoms with Crippen molar-refractivity contribution in [1.29, 1.82) is 0 Å². The number of nitrogens with one attached hydrogen (secondary N) is 1. The molecule has 0 saturated heterocycles. The SMILES string of the molecule is CC(OC(=O)Cc1ccccc1F)C(=O)Nc1ccc(F)c(F)c1F. The molecule has 25 heavy (non-hydrogen) atoms. The molecule has 0 heterocycles. The number of anilines is 1. The number of carbonyl (C=O) groups excluding carboxylic acids is 2. The van der Waals surface area contributed by atoms with Crippen molar-refractivity contribution in [2.75, 3.05) is 5.32 Å². The molecular formula is C17H13F4NO3. The molecule has 0 aliphatic heterocycles. The van der Waals surface area contributed by atoms with E-state index in [0.29, 0.717) is 6.07 Å². The Morgan fingerprint density at radius 2 is 1.68 bits per heavy atom. The van der Waals surface area contributed by atoms with E-state index in [1.165, 1.54) is 31.2 Å². The predicted octanol–water partition coefficient (Wildman–Crippen LogP) is 3.36. The van der Waals surface area contributed by atoms with Gasteiger partial charge in [0.2, 0.25) is 0 Å². The Labute approximate surface area is 140 Å². The summed E-state index contributed by atoms with van der Waals surface area (Å²) in [6, 6.07) is 7.02. The number of halogens is 4. The average Bonchev–Trinajstić information content (AvgIpc) is 2.57. The maximum Gasteiger partial charge on any atom is 0.311 e. The second-order valence-electron chi connectivity index (χ2n) is 5.11. The van der Waals surface area contributed by atoms with Gasteiger partial charge in [-0.3, -0.25) is 9.59 Å². The molecule has 1 unspecified atom stereocenters. The van der Waals surface area contributed by atoms with Crippen LogP contribution < -0.4 is 5.32 Å². The summed E-state index contributed by atoms with van der Waals surface area (Å²) in [5, 5.41) is 1.99. The van der Waals surface area contributed by atoms with E-state index in [4.69, 9.17) is 4.74 Å². The molecule has 1 atom stereocenters. The number of benzene rings is 2. The third-order valence-corrected chi connectivity index (χ3v) is 3.26. The molecule has 0 fully saturated rings. The van der Waals surface area contributed by atoms with Crippen molar-refractivity contribution in [3.05, 3.63) is 65.2 Å². The summed E-state index contributed by atoms with van der Waals surface area (Å²) < 4.78 is 57.7. The van der Waals surface area contributed by atoms with Gasteiger partial charge in [0.05, 0.1) is 12.1 Å². The molecule has 1 N–H and O–H groups in total. The van der Waals surface area contributed by atoms with Gasteiger partial charge >= 0.3 is 5.97 Å². The van der Waals surface area contributed by atoms with Crippen molar-refractivity contribution in [3.8, 4) is 0 Å². The van der Waals surface area contributed by atoms with Crippen LogP contribution in [0.5, 0.6) is 0 Å². The second kappa shape index (κ2) is 7.78. The highest BCUT2D eigenvalue weighted by atomic mass is 19.2. The van der Waals surface area contributed by atoms with Gasteiger partial charge in [-0.15, -0.1) is 0 Å². The molecule has 0 aromatic heterocycles. The molecule has 2 aromatic rings. The van der Waals surface area contributed by atoms with Crippen molar-refractivity contribution in [2.45, 2.75) is 19.4 Å². The molecule has 0 aliphatic rings. The summed E-state index contributed by atoms with van der Waals surface area (Å²) in [5.74, 6) is -7.13. The van der Waals surface area contributed by atoms with E-state index >= 15 is 0 Å². The Kier molecular flexibility index (Phi) is 5.74. The van der Waals surface area contributed by atoms with Crippen LogP contribution in [0.1, 0.15) is 12.5 Å². The monoisotopic (exact) mass is 355 g/mol. The third kappa shape index (κ3) is 4.56.